The minimum atomic E-state index is -0.558. The molecule has 0 saturated heterocycles. The molecule has 0 atom stereocenters. The van der Waals surface area contributed by atoms with E-state index in [1.165, 1.54) is 17.6 Å². The van der Waals surface area contributed by atoms with Gasteiger partial charge in [0.05, 0.1) is 11.2 Å². The molecule has 8 heteroatoms. The summed E-state index contributed by atoms with van der Waals surface area (Å²) < 4.78 is 12.0. The standard InChI is InChI=1S/C26H21ClN2O4S/c1-16-11-12-19(13-17(16)2)32-15-23(30)29-28-14-18-7-3-5-9-21(18)33-26(31)25-24(27)20-8-4-6-10-22(20)34-25/h3-14H,15H2,1-2H3,(H,29,30). The Morgan fingerprint density at radius 3 is 2.59 bits per heavy atom. The Hall–Kier alpha value is -3.68. The predicted molar refractivity (Wildman–Crippen MR) is 135 cm³/mol. The van der Waals surface area contributed by atoms with Crippen molar-refractivity contribution in [2.75, 3.05) is 6.61 Å². The van der Waals surface area contributed by atoms with Gasteiger partial charge in [-0.15, -0.1) is 11.3 Å². The van der Waals surface area contributed by atoms with E-state index in [-0.39, 0.29) is 6.61 Å². The van der Waals surface area contributed by atoms with Gasteiger partial charge in [0.15, 0.2) is 6.61 Å². The van der Waals surface area contributed by atoms with Crippen LogP contribution in [0.5, 0.6) is 11.5 Å². The number of para-hydroxylation sites is 1. The number of carbonyl (C=O) groups excluding carboxylic acids is 2. The number of hydrazone groups is 1. The largest absolute Gasteiger partial charge is 0.484 e. The number of hydrogen-bond acceptors (Lipinski definition) is 6. The van der Waals surface area contributed by atoms with Crippen LogP contribution in [0.25, 0.3) is 10.1 Å². The van der Waals surface area contributed by atoms with E-state index in [2.05, 4.69) is 10.5 Å². The lowest BCUT2D eigenvalue weighted by Gasteiger charge is -2.08. The number of aryl methyl sites for hydroxylation is 2. The van der Waals surface area contributed by atoms with Gasteiger partial charge in [-0.05, 0) is 55.3 Å². The summed E-state index contributed by atoms with van der Waals surface area (Å²) >= 11 is 7.66. The maximum atomic E-state index is 12.8. The van der Waals surface area contributed by atoms with E-state index >= 15 is 0 Å². The van der Waals surface area contributed by atoms with Crippen LogP contribution in [0.4, 0.5) is 0 Å². The Morgan fingerprint density at radius 1 is 1.03 bits per heavy atom. The molecule has 172 valence electrons. The minimum Gasteiger partial charge on any atom is -0.484 e. The van der Waals surface area contributed by atoms with Gasteiger partial charge >= 0.3 is 5.97 Å². The summed E-state index contributed by atoms with van der Waals surface area (Å²) in [6.07, 6.45) is 1.41. The van der Waals surface area contributed by atoms with Gasteiger partial charge in [-0.3, -0.25) is 4.79 Å². The van der Waals surface area contributed by atoms with Crippen LogP contribution in [0.2, 0.25) is 5.02 Å². The van der Waals surface area contributed by atoms with E-state index < -0.39 is 11.9 Å². The maximum absolute atomic E-state index is 12.8. The van der Waals surface area contributed by atoms with Crippen molar-refractivity contribution < 1.29 is 19.1 Å². The Labute approximate surface area is 205 Å². The molecule has 1 amide bonds. The Balaban J connectivity index is 1.38. The van der Waals surface area contributed by atoms with Crippen molar-refractivity contribution in [2.24, 2.45) is 5.10 Å². The first-order chi connectivity index (χ1) is 16.4. The highest BCUT2D eigenvalue weighted by Crippen LogP contribution is 2.36. The molecular formula is C26H21ClN2O4S. The van der Waals surface area contributed by atoms with Crippen molar-refractivity contribution in [3.05, 3.63) is 93.3 Å². The molecular weight excluding hydrogens is 472 g/mol. The number of amides is 1. The second-order valence-electron chi connectivity index (χ2n) is 7.50. The molecule has 0 aliphatic heterocycles. The Kier molecular flexibility index (Phi) is 7.25. The normalized spacial score (nSPS) is 11.0. The molecule has 0 fully saturated rings. The molecule has 0 aliphatic rings. The van der Waals surface area contributed by atoms with Crippen molar-refractivity contribution >= 4 is 51.1 Å². The van der Waals surface area contributed by atoms with E-state index in [1.54, 1.807) is 24.3 Å². The lowest BCUT2D eigenvalue weighted by atomic mass is 10.1. The number of thiophene rings is 1. The summed E-state index contributed by atoms with van der Waals surface area (Å²) in [5.74, 6) is -0.0660. The summed E-state index contributed by atoms with van der Waals surface area (Å²) in [5.41, 5.74) is 5.16. The molecule has 0 radical (unpaired) electrons. The van der Waals surface area contributed by atoms with E-state index in [9.17, 15) is 9.59 Å². The first kappa shape index (κ1) is 23.5. The van der Waals surface area contributed by atoms with Gasteiger partial charge in [0.25, 0.3) is 5.91 Å². The topological polar surface area (TPSA) is 77.0 Å². The number of nitrogens with zero attached hydrogens (tertiary/aromatic N) is 1. The zero-order valence-electron chi connectivity index (χ0n) is 18.5. The highest BCUT2D eigenvalue weighted by Gasteiger charge is 2.19. The third kappa shape index (κ3) is 5.44. The SMILES string of the molecule is Cc1ccc(OCC(=O)NN=Cc2ccccc2OC(=O)c2sc3ccccc3c2Cl)cc1C. The minimum absolute atomic E-state index is 0.180. The van der Waals surface area contributed by atoms with Crippen molar-refractivity contribution in [1.82, 2.24) is 5.43 Å². The number of fused-ring (bicyclic) bond motifs is 1. The Morgan fingerprint density at radius 2 is 1.79 bits per heavy atom. The molecule has 1 heterocycles. The average Bonchev–Trinajstić information content (AvgIpc) is 3.18. The van der Waals surface area contributed by atoms with E-state index in [0.29, 0.717) is 27.0 Å². The van der Waals surface area contributed by atoms with Crippen LogP contribution in [-0.4, -0.2) is 24.7 Å². The molecule has 0 bridgehead atoms. The predicted octanol–water partition coefficient (Wildman–Crippen LogP) is 5.92. The summed E-state index contributed by atoms with van der Waals surface area (Å²) in [4.78, 5) is 25.2. The lowest BCUT2D eigenvalue weighted by molar-refractivity contribution is -0.123. The Bertz CT molecular complexity index is 1400. The van der Waals surface area contributed by atoms with Crippen LogP contribution >= 0.6 is 22.9 Å². The second kappa shape index (κ2) is 10.5. The van der Waals surface area contributed by atoms with E-state index in [0.717, 1.165) is 21.2 Å². The molecule has 0 spiro atoms. The van der Waals surface area contributed by atoms with Crippen LogP contribution in [0.15, 0.2) is 71.8 Å². The first-order valence-corrected chi connectivity index (χ1v) is 11.6. The molecule has 1 N–H and O–H groups in total. The number of rotatable bonds is 7. The van der Waals surface area contributed by atoms with Gasteiger partial charge in [0.2, 0.25) is 0 Å². The van der Waals surface area contributed by atoms with Crippen molar-refractivity contribution in [1.29, 1.82) is 0 Å². The zero-order valence-corrected chi connectivity index (χ0v) is 20.1. The van der Waals surface area contributed by atoms with Gasteiger partial charge in [0.1, 0.15) is 16.4 Å². The third-order valence-electron chi connectivity index (χ3n) is 5.08. The first-order valence-electron chi connectivity index (χ1n) is 10.4. The van der Waals surface area contributed by atoms with Gasteiger partial charge < -0.3 is 9.47 Å². The maximum Gasteiger partial charge on any atom is 0.355 e. The average molecular weight is 493 g/mol. The summed E-state index contributed by atoms with van der Waals surface area (Å²) in [5, 5.41) is 5.13. The quantitative estimate of drug-likeness (QED) is 0.150. The fourth-order valence-electron chi connectivity index (χ4n) is 3.13. The molecule has 0 saturated carbocycles. The van der Waals surface area contributed by atoms with Crippen LogP contribution in [-0.2, 0) is 4.79 Å². The fourth-order valence-corrected chi connectivity index (χ4v) is 4.52. The number of esters is 1. The van der Waals surface area contributed by atoms with E-state index in [1.807, 2.05) is 56.3 Å². The van der Waals surface area contributed by atoms with Gasteiger partial charge in [-0.2, -0.15) is 5.10 Å². The number of halogens is 1. The number of carbonyl (C=O) groups is 2. The van der Waals surface area contributed by atoms with Gasteiger partial charge in [-0.25, -0.2) is 10.2 Å². The van der Waals surface area contributed by atoms with Gasteiger partial charge in [-0.1, -0.05) is 48.0 Å². The monoisotopic (exact) mass is 492 g/mol. The van der Waals surface area contributed by atoms with Gasteiger partial charge in [0, 0.05) is 15.6 Å². The van der Waals surface area contributed by atoms with Crippen molar-refractivity contribution in [3.63, 3.8) is 0 Å². The number of nitrogens with one attached hydrogen (secondary N) is 1. The van der Waals surface area contributed by atoms with E-state index in [4.69, 9.17) is 21.1 Å². The molecule has 0 unspecified atom stereocenters. The van der Waals surface area contributed by atoms with Crippen LogP contribution < -0.4 is 14.9 Å². The van der Waals surface area contributed by atoms with Crippen LogP contribution in [0.3, 0.4) is 0 Å². The number of hydrogen-bond donors (Lipinski definition) is 1. The molecule has 6 nitrogen and oxygen atoms in total. The molecule has 3 aromatic carbocycles. The molecule has 1 aromatic heterocycles. The van der Waals surface area contributed by atoms with Crippen molar-refractivity contribution in [3.8, 4) is 11.5 Å². The third-order valence-corrected chi connectivity index (χ3v) is 6.74. The summed E-state index contributed by atoms with van der Waals surface area (Å²) in [6, 6.07) is 20.0. The van der Waals surface area contributed by atoms with Crippen LogP contribution in [0, 0.1) is 13.8 Å². The zero-order chi connectivity index (χ0) is 24.1. The molecule has 4 aromatic rings. The fraction of sp³-hybridized carbons (Fsp3) is 0.115. The number of benzene rings is 3. The molecule has 4 rings (SSSR count). The molecule has 34 heavy (non-hydrogen) atoms. The highest BCUT2D eigenvalue weighted by atomic mass is 35.5. The molecule has 0 aliphatic carbocycles. The second-order valence-corrected chi connectivity index (χ2v) is 8.93. The lowest BCUT2D eigenvalue weighted by Crippen LogP contribution is -2.24. The van der Waals surface area contributed by atoms with Crippen LogP contribution in [0.1, 0.15) is 26.4 Å². The smallest absolute Gasteiger partial charge is 0.355 e. The summed E-state index contributed by atoms with van der Waals surface area (Å²) in [6.45, 7) is 3.80. The number of ether oxygens (including phenoxy) is 2. The summed E-state index contributed by atoms with van der Waals surface area (Å²) in [7, 11) is 0. The van der Waals surface area contributed by atoms with Crippen molar-refractivity contribution in [2.45, 2.75) is 13.8 Å². The highest BCUT2D eigenvalue weighted by molar-refractivity contribution is 7.21.